The molecule has 3 N–H and O–H groups in total. The molecule has 1 unspecified atom stereocenters. The van der Waals surface area contributed by atoms with Crippen molar-refractivity contribution in [2.45, 2.75) is 65.3 Å². The average molecular weight is 269 g/mol. The molecular weight excluding hydrogens is 242 g/mol. The van der Waals surface area contributed by atoms with Crippen molar-refractivity contribution in [1.29, 1.82) is 0 Å². The van der Waals surface area contributed by atoms with Crippen molar-refractivity contribution in [1.82, 2.24) is 4.90 Å². The van der Waals surface area contributed by atoms with Crippen LogP contribution in [0, 0.1) is 5.41 Å². The Morgan fingerprint density at radius 2 is 1.95 bits per heavy atom. The van der Waals surface area contributed by atoms with Gasteiger partial charge in [0.15, 0.2) is 5.84 Å². The lowest BCUT2D eigenvalue weighted by Crippen LogP contribution is -2.53. The highest BCUT2D eigenvalue weighted by molar-refractivity contribution is 6.06. The second kappa shape index (κ2) is 6.78. The van der Waals surface area contributed by atoms with Crippen LogP contribution in [-0.4, -0.2) is 34.4 Å². The quantitative estimate of drug-likeness (QED) is 0.348. The first-order valence-electron chi connectivity index (χ1n) is 7.30. The Labute approximate surface area is 115 Å². The van der Waals surface area contributed by atoms with Crippen LogP contribution in [0.4, 0.5) is 0 Å². The fourth-order valence-corrected chi connectivity index (χ4v) is 2.83. The number of hydrogen-bond donors (Lipinski definition) is 2. The molecule has 0 aromatic rings. The second-order valence-electron chi connectivity index (χ2n) is 5.55. The fraction of sp³-hybridized carbons (Fsp3) is 0.857. The minimum absolute atomic E-state index is 0.00857. The monoisotopic (exact) mass is 269 g/mol. The Morgan fingerprint density at radius 3 is 2.37 bits per heavy atom. The van der Waals surface area contributed by atoms with Gasteiger partial charge in [-0.25, -0.2) is 0 Å². The van der Waals surface area contributed by atoms with Crippen LogP contribution in [0.5, 0.6) is 0 Å². The lowest BCUT2D eigenvalue weighted by atomic mass is 9.83. The smallest absolute Gasteiger partial charge is 0.236 e. The van der Waals surface area contributed by atoms with E-state index in [9.17, 15) is 4.79 Å². The van der Waals surface area contributed by atoms with Gasteiger partial charge in [-0.05, 0) is 33.1 Å². The van der Waals surface area contributed by atoms with Gasteiger partial charge in [0, 0.05) is 12.6 Å². The molecule has 1 saturated carbocycles. The molecule has 5 nitrogen and oxygen atoms in total. The minimum Gasteiger partial charge on any atom is -0.409 e. The van der Waals surface area contributed by atoms with Crippen LogP contribution in [0.3, 0.4) is 0 Å². The number of rotatable bonds is 5. The summed E-state index contributed by atoms with van der Waals surface area (Å²) in [5.41, 5.74) is 4.84. The summed E-state index contributed by atoms with van der Waals surface area (Å²) in [4.78, 5) is 14.7. The first-order chi connectivity index (χ1) is 9.01. The van der Waals surface area contributed by atoms with Gasteiger partial charge in [0.2, 0.25) is 5.91 Å². The van der Waals surface area contributed by atoms with E-state index >= 15 is 0 Å². The number of amides is 1. The summed E-state index contributed by atoms with van der Waals surface area (Å²) in [6, 6.07) is 0.309. The number of nitrogens with two attached hydrogens (primary N) is 1. The van der Waals surface area contributed by atoms with Gasteiger partial charge in [-0.15, -0.1) is 0 Å². The van der Waals surface area contributed by atoms with E-state index in [1.807, 2.05) is 18.7 Å². The molecule has 19 heavy (non-hydrogen) atoms. The minimum atomic E-state index is -0.901. The zero-order chi connectivity index (χ0) is 14.5. The maximum Gasteiger partial charge on any atom is 0.236 e. The van der Waals surface area contributed by atoms with Crippen molar-refractivity contribution in [2.75, 3.05) is 6.54 Å². The van der Waals surface area contributed by atoms with Gasteiger partial charge in [0.1, 0.15) is 5.41 Å². The molecule has 0 radical (unpaired) electrons. The molecule has 1 atom stereocenters. The lowest BCUT2D eigenvalue weighted by molar-refractivity contribution is -0.140. The third-order valence-corrected chi connectivity index (χ3v) is 4.47. The summed E-state index contributed by atoms with van der Waals surface area (Å²) in [7, 11) is 0. The van der Waals surface area contributed by atoms with E-state index in [1.165, 1.54) is 19.3 Å². The van der Waals surface area contributed by atoms with Crippen LogP contribution in [0.1, 0.15) is 59.3 Å². The molecule has 1 aliphatic carbocycles. The number of carbonyl (C=O) groups is 1. The van der Waals surface area contributed by atoms with Crippen molar-refractivity contribution in [3.05, 3.63) is 0 Å². The third-order valence-electron chi connectivity index (χ3n) is 4.47. The Kier molecular flexibility index (Phi) is 5.63. The summed E-state index contributed by atoms with van der Waals surface area (Å²) < 4.78 is 0. The van der Waals surface area contributed by atoms with Gasteiger partial charge in [-0.1, -0.05) is 31.3 Å². The number of nitrogens with zero attached hydrogens (tertiary/aromatic N) is 2. The van der Waals surface area contributed by atoms with Crippen molar-refractivity contribution >= 4 is 11.7 Å². The van der Waals surface area contributed by atoms with E-state index in [1.54, 1.807) is 6.92 Å². The van der Waals surface area contributed by atoms with Crippen molar-refractivity contribution in [3.8, 4) is 0 Å². The summed E-state index contributed by atoms with van der Waals surface area (Å²) in [6.07, 6.45) is 6.28. The molecule has 0 aromatic heterocycles. The van der Waals surface area contributed by atoms with Crippen LogP contribution in [-0.2, 0) is 4.79 Å². The molecule has 1 rings (SSSR count). The number of carbonyl (C=O) groups excluding carboxylic acids is 1. The van der Waals surface area contributed by atoms with Crippen LogP contribution >= 0.6 is 0 Å². The highest BCUT2D eigenvalue weighted by Crippen LogP contribution is 2.29. The van der Waals surface area contributed by atoms with Crippen molar-refractivity contribution in [2.24, 2.45) is 16.3 Å². The topological polar surface area (TPSA) is 78.9 Å². The molecular formula is C14H27N3O2. The Balaban J connectivity index is 2.92. The summed E-state index contributed by atoms with van der Waals surface area (Å²) in [5.74, 6) is -0.00559. The highest BCUT2D eigenvalue weighted by atomic mass is 16.4. The van der Waals surface area contributed by atoms with E-state index in [0.29, 0.717) is 19.0 Å². The van der Waals surface area contributed by atoms with Gasteiger partial charge < -0.3 is 15.8 Å². The molecule has 5 heteroatoms. The van der Waals surface area contributed by atoms with E-state index in [0.717, 1.165) is 12.8 Å². The predicted molar refractivity (Wildman–Crippen MR) is 76.1 cm³/mol. The highest BCUT2D eigenvalue weighted by Gasteiger charge is 2.41. The first-order valence-corrected chi connectivity index (χ1v) is 7.30. The van der Waals surface area contributed by atoms with Crippen LogP contribution in [0.15, 0.2) is 5.16 Å². The van der Waals surface area contributed by atoms with Gasteiger partial charge in [-0.3, -0.25) is 4.79 Å². The normalized spacial score (nSPS) is 20.9. The molecule has 110 valence electrons. The van der Waals surface area contributed by atoms with Gasteiger partial charge in [0.05, 0.1) is 0 Å². The molecule has 0 saturated heterocycles. The molecule has 0 aliphatic heterocycles. The molecule has 0 spiro atoms. The van der Waals surface area contributed by atoms with E-state index < -0.39 is 5.41 Å². The maximum atomic E-state index is 12.8. The molecule has 0 aromatic carbocycles. The average Bonchev–Trinajstić information content (AvgIpc) is 2.47. The van der Waals surface area contributed by atoms with E-state index in [-0.39, 0.29) is 11.7 Å². The number of amidine groups is 1. The fourth-order valence-electron chi connectivity index (χ4n) is 2.83. The molecule has 0 bridgehead atoms. The zero-order valence-corrected chi connectivity index (χ0v) is 12.4. The largest absolute Gasteiger partial charge is 0.409 e. The maximum absolute atomic E-state index is 12.8. The van der Waals surface area contributed by atoms with Crippen LogP contribution in [0.25, 0.3) is 0 Å². The van der Waals surface area contributed by atoms with Crippen LogP contribution < -0.4 is 5.73 Å². The third kappa shape index (κ3) is 3.19. The van der Waals surface area contributed by atoms with E-state index in [2.05, 4.69) is 5.16 Å². The summed E-state index contributed by atoms with van der Waals surface area (Å²) in [5, 5.41) is 12.0. The Bertz CT molecular complexity index is 338. The first kappa shape index (κ1) is 15.8. The molecule has 1 amide bonds. The van der Waals surface area contributed by atoms with Crippen molar-refractivity contribution < 1.29 is 10.0 Å². The zero-order valence-electron chi connectivity index (χ0n) is 12.4. The molecule has 1 fully saturated rings. The van der Waals surface area contributed by atoms with Crippen LogP contribution in [0.2, 0.25) is 0 Å². The molecule has 0 heterocycles. The number of hydrogen-bond acceptors (Lipinski definition) is 3. The van der Waals surface area contributed by atoms with Crippen molar-refractivity contribution in [3.63, 3.8) is 0 Å². The summed E-state index contributed by atoms with van der Waals surface area (Å²) in [6.45, 7) is 6.33. The second-order valence-corrected chi connectivity index (χ2v) is 5.55. The Morgan fingerprint density at radius 1 is 1.37 bits per heavy atom. The van der Waals surface area contributed by atoms with Gasteiger partial charge in [-0.2, -0.15) is 0 Å². The van der Waals surface area contributed by atoms with E-state index in [4.69, 9.17) is 10.9 Å². The predicted octanol–water partition coefficient (Wildman–Crippen LogP) is 2.33. The van der Waals surface area contributed by atoms with Gasteiger partial charge >= 0.3 is 0 Å². The Hall–Kier alpha value is -1.26. The standard InChI is InChI=1S/C14H27N3O2/c1-4-14(3,12(15)16-19)13(18)17(5-2)11-9-7-6-8-10-11/h11,19H,4-10H2,1-3H3,(H2,15,16). The summed E-state index contributed by atoms with van der Waals surface area (Å²) >= 11 is 0. The van der Waals surface area contributed by atoms with Gasteiger partial charge in [0.25, 0.3) is 0 Å². The number of oxime groups is 1. The SMILES string of the molecule is CCN(C(=O)C(C)(CC)C(N)=NO)C1CCCCC1. The lowest BCUT2D eigenvalue weighted by Gasteiger charge is -2.39. The molecule has 1 aliphatic rings.